The van der Waals surface area contributed by atoms with Crippen LogP contribution in [-0.4, -0.2) is 21.0 Å². The van der Waals surface area contributed by atoms with Crippen molar-refractivity contribution in [1.29, 1.82) is 0 Å². The molecule has 0 radical (unpaired) electrons. The number of rotatable bonds is 2. The second-order valence-electron chi connectivity index (χ2n) is 1.58. The number of hydrazine groups is 1. The molecule has 10 heavy (non-hydrogen) atoms. The summed E-state index contributed by atoms with van der Waals surface area (Å²) in [4.78, 5) is 11.3. The summed E-state index contributed by atoms with van der Waals surface area (Å²) < 4.78 is 0. The SMILES string of the molecule is NNn1ccc(C(=O)O)n1. The topological polar surface area (TPSA) is 93.2 Å². The number of carboxylic acid groups (broad SMARTS) is 1. The van der Waals surface area contributed by atoms with Crippen LogP contribution in [0.25, 0.3) is 0 Å². The third-order valence-corrected chi connectivity index (χ3v) is 0.940. The van der Waals surface area contributed by atoms with Crippen molar-refractivity contribution in [2.75, 3.05) is 5.53 Å². The molecule has 0 saturated heterocycles. The van der Waals surface area contributed by atoms with Crippen molar-refractivity contribution in [3.63, 3.8) is 0 Å². The summed E-state index contributed by atoms with van der Waals surface area (Å²) in [5, 5.41) is 11.9. The molecular weight excluding hydrogens is 136 g/mol. The minimum atomic E-state index is -1.07. The summed E-state index contributed by atoms with van der Waals surface area (Å²) in [7, 11) is 0. The van der Waals surface area contributed by atoms with E-state index < -0.39 is 5.97 Å². The van der Waals surface area contributed by atoms with Crippen LogP contribution in [0.4, 0.5) is 0 Å². The van der Waals surface area contributed by atoms with Crippen LogP contribution in [0.3, 0.4) is 0 Å². The first-order valence-corrected chi connectivity index (χ1v) is 2.49. The number of aromatic nitrogens is 2. The molecule has 6 nitrogen and oxygen atoms in total. The van der Waals surface area contributed by atoms with Crippen LogP contribution >= 0.6 is 0 Å². The van der Waals surface area contributed by atoms with Crippen molar-refractivity contribution in [3.8, 4) is 0 Å². The van der Waals surface area contributed by atoms with Gasteiger partial charge in [-0.1, -0.05) is 0 Å². The van der Waals surface area contributed by atoms with E-state index in [1.165, 1.54) is 12.3 Å². The van der Waals surface area contributed by atoms with Crippen molar-refractivity contribution >= 4 is 5.97 Å². The van der Waals surface area contributed by atoms with Gasteiger partial charge in [0.15, 0.2) is 5.69 Å². The fraction of sp³-hybridized carbons (Fsp3) is 0. The van der Waals surface area contributed by atoms with Gasteiger partial charge in [-0.05, 0) is 6.07 Å². The Bertz CT molecular complexity index is 243. The number of carbonyl (C=O) groups is 1. The van der Waals surface area contributed by atoms with Crippen LogP contribution in [0.5, 0.6) is 0 Å². The molecule has 0 atom stereocenters. The zero-order chi connectivity index (χ0) is 7.56. The van der Waals surface area contributed by atoms with Crippen LogP contribution in [-0.2, 0) is 0 Å². The molecule has 6 heteroatoms. The molecule has 0 amide bonds. The highest BCUT2D eigenvalue weighted by Crippen LogP contribution is 1.91. The molecule has 1 rings (SSSR count). The fourth-order valence-corrected chi connectivity index (χ4v) is 0.510. The number of nitrogen functional groups attached to an aromatic ring is 1. The van der Waals surface area contributed by atoms with E-state index in [0.717, 1.165) is 4.79 Å². The molecule has 1 aromatic rings. The second-order valence-corrected chi connectivity index (χ2v) is 1.58. The van der Waals surface area contributed by atoms with Crippen LogP contribution in [0.15, 0.2) is 12.3 Å². The van der Waals surface area contributed by atoms with Crippen LogP contribution in [0.1, 0.15) is 10.5 Å². The molecule has 0 saturated carbocycles. The van der Waals surface area contributed by atoms with E-state index in [0.29, 0.717) is 0 Å². The first kappa shape index (κ1) is 6.56. The lowest BCUT2D eigenvalue weighted by Gasteiger charge is -1.93. The van der Waals surface area contributed by atoms with Crippen molar-refractivity contribution in [3.05, 3.63) is 18.0 Å². The second kappa shape index (κ2) is 2.36. The molecule has 1 aromatic heterocycles. The highest BCUT2D eigenvalue weighted by molar-refractivity contribution is 5.85. The Kier molecular flexibility index (Phi) is 1.55. The Balaban J connectivity index is 2.88. The van der Waals surface area contributed by atoms with E-state index in [1.807, 2.05) is 0 Å². The summed E-state index contributed by atoms with van der Waals surface area (Å²) in [6.07, 6.45) is 1.41. The van der Waals surface area contributed by atoms with Crippen molar-refractivity contribution in [2.24, 2.45) is 5.84 Å². The van der Waals surface area contributed by atoms with E-state index in [2.05, 4.69) is 10.6 Å². The normalized spacial score (nSPS) is 9.30. The summed E-state index contributed by atoms with van der Waals surface area (Å²) in [5.41, 5.74) is 2.10. The Morgan fingerprint density at radius 1 is 1.90 bits per heavy atom. The quantitative estimate of drug-likeness (QED) is 0.363. The van der Waals surface area contributed by atoms with Gasteiger partial charge in [-0.2, -0.15) is 4.79 Å². The first-order valence-electron chi connectivity index (χ1n) is 2.49. The average molecular weight is 142 g/mol. The largest absolute Gasteiger partial charge is 0.476 e. The van der Waals surface area contributed by atoms with Crippen molar-refractivity contribution < 1.29 is 9.90 Å². The minimum Gasteiger partial charge on any atom is -0.476 e. The van der Waals surface area contributed by atoms with Gasteiger partial charge in [-0.25, -0.2) is 16.2 Å². The fourth-order valence-electron chi connectivity index (χ4n) is 0.510. The molecular formula is C4H6N4O2. The predicted molar refractivity (Wildman–Crippen MR) is 32.7 cm³/mol. The Morgan fingerprint density at radius 2 is 2.60 bits per heavy atom. The summed E-state index contributed by atoms with van der Waals surface area (Å²) in [5.74, 6) is 3.85. The lowest BCUT2D eigenvalue weighted by Crippen LogP contribution is -2.22. The molecule has 54 valence electrons. The highest BCUT2D eigenvalue weighted by Gasteiger charge is 2.04. The lowest BCUT2D eigenvalue weighted by atomic mass is 10.5. The van der Waals surface area contributed by atoms with Crippen LogP contribution in [0.2, 0.25) is 0 Å². The van der Waals surface area contributed by atoms with E-state index in [1.54, 1.807) is 0 Å². The van der Waals surface area contributed by atoms with Crippen molar-refractivity contribution in [1.82, 2.24) is 9.89 Å². The molecule has 1 heterocycles. The van der Waals surface area contributed by atoms with Gasteiger partial charge in [0.05, 0.1) is 6.20 Å². The third kappa shape index (κ3) is 1.06. The molecule has 4 N–H and O–H groups in total. The van der Waals surface area contributed by atoms with E-state index in [-0.39, 0.29) is 5.69 Å². The van der Waals surface area contributed by atoms with Gasteiger partial charge in [-0.15, -0.1) is 5.10 Å². The zero-order valence-electron chi connectivity index (χ0n) is 4.98. The number of aromatic carboxylic acids is 1. The minimum absolute atomic E-state index is 0.0436. The van der Waals surface area contributed by atoms with Gasteiger partial charge in [0.25, 0.3) is 0 Å². The Labute approximate surface area is 56.2 Å². The molecule has 0 aromatic carbocycles. The Morgan fingerprint density at radius 3 is 2.90 bits per heavy atom. The van der Waals surface area contributed by atoms with Gasteiger partial charge >= 0.3 is 5.97 Å². The van der Waals surface area contributed by atoms with Crippen LogP contribution in [0, 0.1) is 0 Å². The van der Waals surface area contributed by atoms with Gasteiger partial charge in [0, 0.05) is 0 Å². The number of nitrogens with zero attached hydrogens (tertiary/aromatic N) is 2. The number of nitrogens with one attached hydrogen (secondary N) is 1. The standard InChI is InChI=1S/C4H6N4O2/c5-7-8-2-1-3(6-8)4(9)10/h1-2,7H,5H2,(H,9,10). The van der Waals surface area contributed by atoms with Gasteiger partial charge in [0.1, 0.15) is 0 Å². The highest BCUT2D eigenvalue weighted by atomic mass is 16.4. The van der Waals surface area contributed by atoms with Crippen LogP contribution < -0.4 is 11.4 Å². The molecule has 0 bridgehead atoms. The maximum absolute atomic E-state index is 10.2. The molecule has 0 aliphatic rings. The van der Waals surface area contributed by atoms with Gasteiger partial charge in [-0.3, -0.25) is 0 Å². The van der Waals surface area contributed by atoms with Gasteiger partial charge in [0.2, 0.25) is 0 Å². The molecule has 0 aliphatic heterocycles. The number of carboxylic acids is 1. The van der Waals surface area contributed by atoms with E-state index in [4.69, 9.17) is 10.9 Å². The van der Waals surface area contributed by atoms with Gasteiger partial charge < -0.3 is 5.11 Å². The predicted octanol–water partition coefficient (Wildman–Crippen LogP) is -1.00. The van der Waals surface area contributed by atoms with E-state index >= 15 is 0 Å². The maximum atomic E-state index is 10.2. The molecule has 0 spiro atoms. The third-order valence-electron chi connectivity index (χ3n) is 0.940. The Hall–Kier alpha value is -1.56. The molecule has 0 fully saturated rings. The van der Waals surface area contributed by atoms with E-state index in [9.17, 15) is 4.79 Å². The number of nitrogens with two attached hydrogens (primary N) is 1. The molecule has 0 unspecified atom stereocenters. The van der Waals surface area contributed by atoms with Crippen molar-refractivity contribution in [2.45, 2.75) is 0 Å². The molecule has 0 aliphatic carbocycles. The monoisotopic (exact) mass is 142 g/mol. The summed E-state index contributed by atoms with van der Waals surface area (Å²) in [6.45, 7) is 0. The summed E-state index contributed by atoms with van der Waals surface area (Å²) in [6, 6.07) is 1.34. The first-order chi connectivity index (χ1) is 4.74. The number of hydrogen-bond acceptors (Lipinski definition) is 4. The zero-order valence-corrected chi connectivity index (χ0v) is 4.98. The summed E-state index contributed by atoms with van der Waals surface area (Å²) >= 11 is 0. The average Bonchev–Trinajstić information content (AvgIpc) is 2.34. The number of hydrogen-bond donors (Lipinski definition) is 3. The maximum Gasteiger partial charge on any atom is 0.356 e. The smallest absolute Gasteiger partial charge is 0.356 e. The lowest BCUT2D eigenvalue weighted by molar-refractivity contribution is 0.0689.